The number of aryl methyl sites for hydroxylation is 3. The van der Waals surface area contributed by atoms with Crippen LogP contribution in [0.25, 0.3) is 11.5 Å². The molecule has 3 aromatic rings. The van der Waals surface area contributed by atoms with E-state index in [0.29, 0.717) is 23.8 Å². The Morgan fingerprint density at radius 1 is 1.07 bits per heavy atom. The lowest BCUT2D eigenvalue weighted by Gasteiger charge is -2.02. The minimum atomic E-state index is -0.231. The van der Waals surface area contributed by atoms with Gasteiger partial charge in [-0.25, -0.2) is 9.37 Å². The molecule has 0 bridgehead atoms. The summed E-state index contributed by atoms with van der Waals surface area (Å²) in [6.45, 7) is 4.04. The van der Waals surface area contributed by atoms with E-state index < -0.39 is 0 Å². The number of halogens is 1. The van der Waals surface area contributed by atoms with Gasteiger partial charge in [0.15, 0.2) is 0 Å². The van der Waals surface area contributed by atoms with E-state index in [1.807, 2.05) is 19.1 Å². The van der Waals surface area contributed by atoms with Crippen molar-refractivity contribution in [3.63, 3.8) is 0 Å². The number of carbonyl (C=O) groups excluding carboxylic acids is 1. The molecule has 0 aliphatic rings. The van der Waals surface area contributed by atoms with Crippen molar-refractivity contribution in [2.75, 3.05) is 5.75 Å². The molecule has 0 radical (unpaired) electrons. The molecular formula is C24H26FNO2S. The average molecular weight is 412 g/mol. The third-order valence-corrected chi connectivity index (χ3v) is 5.84. The van der Waals surface area contributed by atoms with Crippen LogP contribution in [-0.4, -0.2) is 16.5 Å². The van der Waals surface area contributed by atoms with Crippen LogP contribution in [0.15, 0.2) is 52.9 Å². The number of rotatable bonds is 10. The zero-order valence-electron chi connectivity index (χ0n) is 16.9. The second kappa shape index (κ2) is 10.4. The molecular weight excluding hydrogens is 385 g/mol. The van der Waals surface area contributed by atoms with Crippen molar-refractivity contribution in [2.24, 2.45) is 0 Å². The van der Waals surface area contributed by atoms with Gasteiger partial charge in [-0.05, 0) is 61.6 Å². The van der Waals surface area contributed by atoms with Crippen LogP contribution in [0.2, 0.25) is 0 Å². The smallest absolute Gasteiger partial charge is 0.226 e. The van der Waals surface area contributed by atoms with Crippen molar-refractivity contribution in [1.29, 1.82) is 0 Å². The Bertz CT molecular complexity index is 933. The van der Waals surface area contributed by atoms with Crippen LogP contribution in [0, 0.1) is 12.7 Å². The highest BCUT2D eigenvalue weighted by atomic mass is 32.2. The molecule has 0 amide bonds. The number of ketones is 1. The van der Waals surface area contributed by atoms with Crippen molar-refractivity contribution in [3.8, 4) is 11.5 Å². The fourth-order valence-corrected chi connectivity index (χ4v) is 3.98. The Morgan fingerprint density at radius 2 is 1.76 bits per heavy atom. The van der Waals surface area contributed by atoms with E-state index >= 15 is 0 Å². The zero-order valence-corrected chi connectivity index (χ0v) is 17.7. The van der Waals surface area contributed by atoms with Crippen LogP contribution < -0.4 is 0 Å². The third-order valence-electron chi connectivity index (χ3n) is 4.84. The molecule has 5 heteroatoms. The maximum absolute atomic E-state index is 12.9. The molecule has 152 valence electrons. The van der Waals surface area contributed by atoms with Crippen LogP contribution >= 0.6 is 11.8 Å². The SMILES string of the molecule is CCc1ccc(-c2nc(CSCC(=O)CCCc3ccc(F)cc3)c(C)o2)cc1. The highest BCUT2D eigenvalue weighted by Crippen LogP contribution is 2.25. The number of oxazole rings is 1. The van der Waals surface area contributed by atoms with Gasteiger partial charge in [0, 0.05) is 17.7 Å². The maximum atomic E-state index is 12.9. The number of hydrogen-bond donors (Lipinski definition) is 0. The van der Waals surface area contributed by atoms with Gasteiger partial charge >= 0.3 is 0 Å². The average Bonchev–Trinajstić information content (AvgIpc) is 3.10. The van der Waals surface area contributed by atoms with Gasteiger partial charge in [-0.1, -0.05) is 31.2 Å². The molecule has 0 atom stereocenters. The molecule has 0 aliphatic heterocycles. The first-order chi connectivity index (χ1) is 14.0. The molecule has 2 aromatic carbocycles. The lowest BCUT2D eigenvalue weighted by molar-refractivity contribution is -0.116. The number of aromatic nitrogens is 1. The van der Waals surface area contributed by atoms with Gasteiger partial charge in [0.05, 0.1) is 11.4 Å². The largest absolute Gasteiger partial charge is 0.441 e. The van der Waals surface area contributed by atoms with Crippen LogP contribution in [0.3, 0.4) is 0 Å². The Morgan fingerprint density at radius 3 is 2.45 bits per heavy atom. The van der Waals surface area contributed by atoms with Crippen molar-refractivity contribution < 1.29 is 13.6 Å². The Balaban J connectivity index is 1.43. The first kappa shape index (κ1) is 21.3. The summed E-state index contributed by atoms with van der Waals surface area (Å²) in [6.07, 6.45) is 3.12. The summed E-state index contributed by atoms with van der Waals surface area (Å²) in [5.41, 5.74) is 4.21. The minimum absolute atomic E-state index is 0.230. The van der Waals surface area contributed by atoms with E-state index in [9.17, 15) is 9.18 Å². The molecule has 0 spiro atoms. The van der Waals surface area contributed by atoms with Crippen molar-refractivity contribution >= 4 is 17.5 Å². The predicted octanol–water partition coefficient (Wildman–Crippen LogP) is 6.18. The van der Waals surface area contributed by atoms with Crippen LogP contribution in [0.4, 0.5) is 4.39 Å². The summed E-state index contributed by atoms with van der Waals surface area (Å²) < 4.78 is 18.7. The molecule has 0 fully saturated rings. The van der Waals surface area contributed by atoms with E-state index in [2.05, 4.69) is 24.0 Å². The van der Waals surface area contributed by atoms with Crippen molar-refractivity contribution in [2.45, 2.75) is 45.3 Å². The monoisotopic (exact) mass is 411 g/mol. The van der Waals surface area contributed by atoms with Crippen LogP contribution in [-0.2, 0) is 23.4 Å². The lowest BCUT2D eigenvalue weighted by Crippen LogP contribution is -2.02. The van der Waals surface area contributed by atoms with Crippen molar-refractivity contribution in [3.05, 3.63) is 76.9 Å². The fraction of sp³-hybridized carbons (Fsp3) is 0.333. The number of carbonyl (C=O) groups is 1. The second-order valence-corrected chi connectivity index (χ2v) is 8.07. The summed E-state index contributed by atoms with van der Waals surface area (Å²) >= 11 is 1.57. The summed E-state index contributed by atoms with van der Waals surface area (Å²) in [4.78, 5) is 16.7. The first-order valence-electron chi connectivity index (χ1n) is 9.94. The summed E-state index contributed by atoms with van der Waals surface area (Å²) in [6, 6.07) is 14.7. The molecule has 0 unspecified atom stereocenters. The topological polar surface area (TPSA) is 43.1 Å². The standard InChI is InChI=1S/C24H26FNO2S/c1-3-18-7-11-20(12-8-18)24-26-23(17(2)28-24)16-29-15-22(27)6-4-5-19-9-13-21(25)14-10-19/h7-14H,3-6,15-16H2,1-2H3. The molecule has 0 saturated heterocycles. The molecule has 3 nitrogen and oxygen atoms in total. The predicted molar refractivity (Wildman–Crippen MR) is 117 cm³/mol. The van der Waals surface area contributed by atoms with Gasteiger partial charge in [-0.2, -0.15) is 0 Å². The van der Waals surface area contributed by atoms with Gasteiger partial charge in [0.25, 0.3) is 0 Å². The molecule has 1 aromatic heterocycles. The lowest BCUT2D eigenvalue weighted by atomic mass is 10.1. The molecule has 1 heterocycles. The molecule has 29 heavy (non-hydrogen) atoms. The van der Waals surface area contributed by atoms with Gasteiger partial charge in [0.2, 0.25) is 5.89 Å². The van der Waals surface area contributed by atoms with E-state index in [1.165, 1.54) is 17.7 Å². The second-order valence-electron chi connectivity index (χ2n) is 7.08. The number of benzene rings is 2. The normalized spacial score (nSPS) is 11.0. The molecule has 3 rings (SSSR count). The number of Topliss-reactive ketones (excluding diaryl/α,β-unsaturated/α-hetero) is 1. The van der Waals surface area contributed by atoms with Gasteiger partial charge < -0.3 is 4.42 Å². The first-order valence-corrected chi connectivity index (χ1v) is 11.1. The number of hydrogen-bond acceptors (Lipinski definition) is 4. The molecule has 0 N–H and O–H groups in total. The van der Waals surface area contributed by atoms with E-state index in [0.717, 1.165) is 41.8 Å². The van der Waals surface area contributed by atoms with Crippen LogP contribution in [0.5, 0.6) is 0 Å². The minimum Gasteiger partial charge on any atom is -0.441 e. The fourth-order valence-electron chi connectivity index (χ4n) is 3.04. The highest BCUT2D eigenvalue weighted by Gasteiger charge is 2.12. The highest BCUT2D eigenvalue weighted by molar-refractivity contribution is 7.99. The van der Waals surface area contributed by atoms with E-state index in [4.69, 9.17) is 4.42 Å². The third kappa shape index (κ3) is 6.29. The maximum Gasteiger partial charge on any atom is 0.226 e. The molecule has 0 saturated carbocycles. The quantitative estimate of drug-likeness (QED) is 0.400. The molecule has 0 aliphatic carbocycles. The Kier molecular flexibility index (Phi) is 7.64. The van der Waals surface area contributed by atoms with Gasteiger partial charge in [0.1, 0.15) is 17.4 Å². The van der Waals surface area contributed by atoms with Gasteiger partial charge in [-0.3, -0.25) is 4.79 Å². The zero-order chi connectivity index (χ0) is 20.6. The summed E-state index contributed by atoms with van der Waals surface area (Å²) in [5.74, 6) is 2.56. The van der Waals surface area contributed by atoms with E-state index in [1.54, 1.807) is 23.9 Å². The van der Waals surface area contributed by atoms with Crippen LogP contribution in [0.1, 0.15) is 42.3 Å². The van der Waals surface area contributed by atoms with Gasteiger partial charge in [-0.15, -0.1) is 11.8 Å². The number of nitrogens with zero attached hydrogens (tertiary/aromatic N) is 1. The Hall–Kier alpha value is -2.40. The van der Waals surface area contributed by atoms with Crippen molar-refractivity contribution in [1.82, 2.24) is 4.98 Å². The number of thioether (sulfide) groups is 1. The summed E-state index contributed by atoms with van der Waals surface area (Å²) in [5, 5.41) is 0. The van der Waals surface area contributed by atoms with E-state index in [-0.39, 0.29) is 11.6 Å². The Labute approximate surface area is 175 Å². The summed E-state index contributed by atoms with van der Waals surface area (Å²) in [7, 11) is 0.